The summed E-state index contributed by atoms with van der Waals surface area (Å²) in [5.41, 5.74) is 0. The highest BCUT2D eigenvalue weighted by Gasteiger charge is 2.41. The zero-order valence-corrected chi connectivity index (χ0v) is 9.62. The minimum Gasteiger partial charge on any atom is -0.367 e. The molecule has 0 radical (unpaired) electrons. The average molecular weight is 208 g/mol. The lowest BCUT2D eigenvalue weighted by molar-refractivity contribution is -0.116. The second-order valence-electron chi connectivity index (χ2n) is 4.95. The fourth-order valence-electron chi connectivity index (χ4n) is 3.17. The highest BCUT2D eigenvalue weighted by Crippen LogP contribution is 2.48. The number of carbonyl (C=O) groups excluding carboxylic acids is 1. The molecule has 1 N–H and O–H groups in total. The van der Waals surface area contributed by atoms with Gasteiger partial charge in [-0.05, 0) is 38.0 Å². The maximum atomic E-state index is 10.9. The molecule has 0 amide bonds. The zero-order chi connectivity index (χ0) is 10.8. The summed E-state index contributed by atoms with van der Waals surface area (Å²) >= 11 is 0. The van der Waals surface area contributed by atoms with Crippen molar-refractivity contribution in [3.05, 3.63) is 0 Å². The Morgan fingerprint density at radius 3 is 2.67 bits per heavy atom. The van der Waals surface area contributed by atoms with Gasteiger partial charge in [-0.3, -0.25) is 9.79 Å². The van der Waals surface area contributed by atoms with Gasteiger partial charge in [0.15, 0.2) is 0 Å². The molecule has 0 aromatic carbocycles. The summed E-state index contributed by atoms with van der Waals surface area (Å²) < 4.78 is 0. The molecule has 3 heteroatoms. The van der Waals surface area contributed by atoms with E-state index >= 15 is 0 Å². The second kappa shape index (κ2) is 4.33. The second-order valence-corrected chi connectivity index (χ2v) is 4.95. The molecule has 2 bridgehead atoms. The van der Waals surface area contributed by atoms with Crippen molar-refractivity contribution in [3.8, 4) is 0 Å². The van der Waals surface area contributed by atoms with Crippen LogP contribution in [0.1, 0.15) is 32.6 Å². The van der Waals surface area contributed by atoms with E-state index in [0.717, 1.165) is 17.7 Å². The van der Waals surface area contributed by atoms with Gasteiger partial charge in [0.1, 0.15) is 5.78 Å². The Bertz CT molecular complexity index is 285. The van der Waals surface area contributed by atoms with E-state index in [1.165, 1.54) is 25.7 Å². The standard InChI is InChI=1S/C12H20N2O/c1-8(15)7-14-12(13-2)11-6-9-3-4-10(11)5-9/h9-11H,3-7H2,1-2H3,(H,13,14). The van der Waals surface area contributed by atoms with E-state index in [2.05, 4.69) is 10.3 Å². The summed E-state index contributed by atoms with van der Waals surface area (Å²) in [5, 5.41) is 3.20. The molecule has 0 aliphatic heterocycles. The lowest BCUT2D eigenvalue weighted by Crippen LogP contribution is -2.36. The van der Waals surface area contributed by atoms with Crippen LogP contribution in [0.15, 0.2) is 4.99 Å². The Balaban J connectivity index is 1.93. The van der Waals surface area contributed by atoms with Crippen molar-refractivity contribution >= 4 is 11.6 Å². The lowest BCUT2D eigenvalue weighted by Gasteiger charge is -2.23. The van der Waals surface area contributed by atoms with Crippen LogP contribution in [0.25, 0.3) is 0 Å². The number of Topliss-reactive ketones (excluding diaryl/α,β-unsaturated/α-hetero) is 1. The van der Waals surface area contributed by atoms with Gasteiger partial charge in [0.25, 0.3) is 0 Å². The highest BCUT2D eigenvalue weighted by atomic mass is 16.1. The van der Waals surface area contributed by atoms with Crippen LogP contribution in [0, 0.1) is 17.8 Å². The van der Waals surface area contributed by atoms with E-state index in [9.17, 15) is 4.79 Å². The molecule has 0 aromatic rings. The molecule has 0 aromatic heterocycles. The maximum Gasteiger partial charge on any atom is 0.148 e. The van der Waals surface area contributed by atoms with Crippen LogP contribution in [0.2, 0.25) is 0 Å². The summed E-state index contributed by atoms with van der Waals surface area (Å²) in [6.45, 7) is 2.04. The summed E-state index contributed by atoms with van der Waals surface area (Å²) in [4.78, 5) is 15.2. The van der Waals surface area contributed by atoms with E-state index in [-0.39, 0.29) is 5.78 Å². The summed E-state index contributed by atoms with van der Waals surface area (Å²) in [6.07, 6.45) is 5.43. The molecule has 84 valence electrons. The van der Waals surface area contributed by atoms with Crippen LogP contribution in [0.5, 0.6) is 0 Å². The normalized spacial score (nSPS) is 34.5. The lowest BCUT2D eigenvalue weighted by atomic mass is 9.88. The molecule has 2 rings (SSSR count). The predicted molar refractivity (Wildman–Crippen MR) is 61.0 cm³/mol. The van der Waals surface area contributed by atoms with Gasteiger partial charge in [-0.1, -0.05) is 6.42 Å². The molecule has 0 heterocycles. The first-order valence-electron chi connectivity index (χ1n) is 5.90. The number of nitrogens with one attached hydrogen (secondary N) is 1. The number of carbonyl (C=O) groups is 1. The predicted octanol–water partition coefficient (Wildman–Crippen LogP) is 1.63. The number of nitrogens with zero attached hydrogens (tertiary/aromatic N) is 1. The molecule has 2 aliphatic rings. The van der Waals surface area contributed by atoms with Gasteiger partial charge >= 0.3 is 0 Å². The highest BCUT2D eigenvalue weighted by molar-refractivity contribution is 5.89. The molecular weight excluding hydrogens is 188 g/mol. The van der Waals surface area contributed by atoms with Crippen molar-refractivity contribution in [1.29, 1.82) is 0 Å². The largest absolute Gasteiger partial charge is 0.367 e. The first-order chi connectivity index (χ1) is 7.20. The van der Waals surface area contributed by atoms with Gasteiger partial charge in [-0.2, -0.15) is 0 Å². The van der Waals surface area contributed by atoms with Crippen molar-refractivity contribution in [3.63, 3.8) is 0 Å². The smallest absolute Gasteiger partial charge is 0.148 e. The Morgan fingerprint density at radius 2 is 2.20 bits per heavy atom. The van der Waals surface area contributed by atoms with Gasteiger partial charge in [0, 0.05) is 13.0 Å². The number of fused-ring (bicyclic) bond motifs is 2. The first kappa shape index (κ1) is 10.7. The fraction of sp³-hybridized carbons (Fsp3) is 0.833. The van der Waals surface area contributed by atoms with Crippen molar-refractivity contribution in [1.82, 2.24) is 5.32 Å². The van der Waals surface area contributed by atoms with E-state index in [4.69, 9.17) is 0 Å². The monoisotopic (exact) mass is 208 g/mol. The zero-order valence-electron chi connectivity index (χ0n) is 9.62. The third-order valence-electron chi connectivity index (χ3n) is 3.85. The Hall–Kier alpha value is -0.860. The van der Waals surface area contributed by atoms with Crippen LogP contribution in [-0.4, -0.2) is 25.2 Å². The number of rotatable bonds is 3. The van der Waals surface area contributed by atoms with Gasteiger partial charge in [-0.25, -0.2) is 0 Å². The molecule has 2 fully saturated rings. The van der Waals surface area contributed by atoms with Crippen LogP contribution in [-0.2, 0) is 4.79 Å². The Kier molecular flexibility index (Phi) is 3.08. The van der Waals surface area contributed by atoms with Gasteiger partial charge in [0.05, 0.1) is 12.4 Å². The molecule has 3 unspecified atom stereocenters. The molecule has 3 nitrogen and oxygen atoms in total. The quantitative estimate of drug-likeness (QED) is 0.566. The third kappa shape index (κ3) is 2.21. The van der Waals surface area contributed by atoms with Crippen LogP contribution in [0.4, 0.5) is 0 Å². The number of hydrogen-bond acceptors (Lipinski definition) is 2. The topological polar surface area (TPSA) is 41.5 Å². The Morgan fingerprint density at radius 1 is 1.40 bits per heavy atom. The van der Waals surface area contributed by atoms with Crippen molar-refractivity contribution in [2.24, 2.45) is 22.7 Å². The summed E-state index contributed by atoms with van der Waals surface area (Å²) in [7, 11) is 1.83. The molecular formula is C12H20N2O. The number of ketones is 1. The Labute approximate surface area is 91.3 Å². The van der Waals surface area contributed by atoms with Gasteiger partial charge in [-0.15, -0.1) is 0 Å². The van der Waals surface area contributed by atoms with Crippen molar-refractivity contribution in [2.75, 3.05) is 13.6 Å². The van der Waals surface area contributed by atoms with E-state index in [1.54, 1.807) is 6.92 Å². The maximum absolute atomic E-state index is 10.9. The fourth-order valence-corrected chi connectivity index (χ4v) is 3.17. The van der Waals surface area contributed by atoms with Gasteiger partial charge < -0.3 is 5.32 Å². The summed E-state index contributed by atoms with van der Waals surface area (Å²) in [5.74, 6) is 3.61. The number of aliphatic imine (C=N–C) groups is 1. The van der Waals surface area contributed by atoms with Crippen LogP contribution in [0.3, 0.4) is 0 Å². The molecule has 0 spiro atoms. The summed E-state index contributed by atoms with van der Waals surface area (Å²) in [6, 6.07) is 0. The molecule has 2 aliphatic carbocycles. The van der Waals surface area contributed by atoms with Crippen molar-refractivity contribution < 1.29 is 4.79 Å². The molecule has 2 saturated carbocycles. The van der Waals surface area contributed by atoms with Crippen LogP contribution >= 0.6 is 0 Å². The average Bonchev–Trinajstić information content (AvgIpc) is 2.79. The van der Waals surface area contributed by atoms with Crippen molar-refractivity contribution in [2.45, 2.75) is 32.6 Å². The van der Waals surface area contributed by atoms with E-state index < -0.39 is 0 Å². The van der Waals surface area contributed by atoms with Crippen LogP contribution < -0.4 is 5.32 Å². The SMILES string of the molecule is CN=C(NCC(C)=O)C1CC2CCC1C2. The van der Waals surface area contributed by atoms with E-state index in [0.29, 0.717) is 12.5 Å². The number of hydrogen-bond donors (Lipinski definition) is 1. The molecule has 15 heavy (non-hydrogen) atoms. The minimum atomic E-state index is 0.180. The first-order valence-corrected chi connectivity index (χ1v) is 5.90. The number of amidine groups is 1. The molecule has 0 saturated heterocycles. The third-order valence-corrected chi connectivity index (χ3v) is 3.85. The van der Waals surface area contributed by atoms with Gasteiger partial charge in [0.2, 0.25) is 0 Å². The molecule has 3 atom stereocenters. The minimum absolute atomic E-state index is 0.180. The van der Waals surface area contributed by atoms with E-state index in [1.807, 2.05) is 7.05 Å².